The lowest BCUT2D eigenvalue weighted by molar-refractivity contribution is 0.730. The molecular formula is C21H16ClN7O. The van der Waals surface area contributed by atoms with Gasteiger partial charge in [0.1, 0.15) is 36.8 Å². The van der Waals surface area contributed by atoms with Crippen LogP contribution in [0.25, 0.3) is 16.6 Å². The summed E-state index contributed by atoms with van der Waals surface area (Å²) in [5, 5.41) is 13.1. The van der Waals surface area contributed by atoms with Gasteiger partial charge in [-0.1, -0.05) is 35.9 Å². The Morgan fingerprint density at radius 1 is 1.23 bits per heavy atom. The average Bonchev–Trinajstić information content (AvgIpc) is 2.74. The normalized spacial score (nSPS) is 12.2. The number of hydrogen-bond acceptors (Lipinski definition) is 7. The molecule has 4 rings (SSSR count). The number of halogens is 1. The summed E-state index contributed by atoms with van der Waals surface area (Å²) in [6.45, 7) is 1.76. The smallest absolute Gasteiger partial charge is 0.267 e. The third-order valence-electron chi connectivity index (χ3n) is 4.56. The fourth-order valence-corrected chi connectivity index (χ4v) is 3.42. The van der Waals surface area contributed by atoms with Gasteiger partial charge in [-0.2, -0.15) is 5.26 Å². The van der Waals surface area contributed by atoms with Gasteiger partial charge in [0.2, 0.25) is 0 Å². The van der Waals surface area contributed by atoms with E-state index in [0.29, 0.717) is 27.4 Å². The second kappa shape index (κ2) is 7.81. The van der Waals surface area contributed by atoms with Gasteiger partial charge in [0.15, 0.2) is 0 Å². The van der Waals surface area contributed by atoms with E-state index in [1.54, 1.807) is 37.3 Å². The van der Waals surface area contributed by atoms with E-state index in [2.05, 4.69) is 20.3 Å². The number of fused-ring (bicyclic) bond motifs is 1. The summed E-state index contributed by atoms with van der Waals surface area (Å²) in [5.74, 6) is 0.363. The zero-order chi connectivity index (χ0) is 22.1. The number of nitrogens with zero attached hydrogens (tertiary/aromatic N) is 5. The van der Waals surface area contributed by atoms with E-state index in [9.17, 15) is 10.1 Å². The van der Waals surface area contributed by atoms with Gasteiger partial charge < -0.3 is 11.1 Å². The highest BCUT2D eigenvalue weighted by Crippen LogP contribution is 2.25. The molecule has 0 fully saturated rings. The van der Waals surface area contributed by atoms with Crippen molar-refractivity contribution in [2.45, 2.75) is 13.0 Å². The molecule has 0 aliphatic carbocycles. The number of nitrogens with two attached hydrogens (primary N) is 1. The Kier molecular flexibility index (Phi) is 4.71. The Labute approximate surface area is 178 Å². The highest BCUT2D eigenvalue weighted by molar-refractivity contribution is 6.35. The van der Waals surface area contributed by atoms with Crippen LogP contribution in [0.5, 0.6) is 0 Å². The molecule has 9 heteroatoms. The number of rotatable bonds is 4. The molecule has 1 atom stereocenters. The number of aromatic nitrogens is 4. The van der Waals surface area contributed by atoms with Crippen molar-refractivity contribution < 1.29 is 1.37 Å². The van der Waals surface area contributed by atoms with Crippen molar-refractivity contribution in [2.24, 2.45) is 0 Å². The molecule has 0 spiro atoms. The molecule has 8 nitrogen and oxygen atoms in total. The van der Waals surface area contributed by atoms with E-state index in [-0.39, 0.29) is 29.1 Å². The second-order valence-electron chi connectivity index (χ2n) is 6.49. The number of benzene rings is 2. The average molecular weight is 419 g/mol. The molecule has 0 saturated carbocycles. The standard InChI is InChI=1S/C21H16ClN7O/c1-12(27-19-14(10-23)18(24)25-11-26-19)20-28-16-9-5-8-15(22)17(16)21(30)29(20)13-6-3-2-4-7-13/h2-9,11-12H,1H3,(H3,24,25,26,27)/t12-/m0/s1/i11D. The predicted molar refractivity (Wildman–Crippen MR) is 116 cm³/mol. The number of nitrogen functional groups attached to an aromatic ring is 1. The third kappa shape index (κ3) is 3.32. The molecular weight excluding hydrogens is 402 g/mol. The van der Waals surface area contributed by atoms with Gasteiger partial charge in [0, 0.05) is 0 Å². The first-order valence-electron chi connectivity index (χ1n) is 9.48. The summed E-state index contributed by atoms with van der Waals surface area (Å²) >= 11 is 6.30. The van der Waals surface area contributed by atoms with Gasteiger partial charge >= 0.3 is 0 Å². The molecule has 3 N–H and O–H groups in total. The topological polar surface area (TPSA) is 123 Å². The summed E-state index contributed by atoms with van der Waals surface area (Å²) < 4.78 is 9.16. The molecule has 2 heterocycles. The van der Waals surface area contributed by atoms with Gasteiger partial charge in [-0.3, -0.25) is 9.36 Å². The fraction of sp³-hybridized carbons (Fsp3) is 0.0952. The fourth-order valence-electron chi connectivity index (χ4n) is 3.17. The lowest BCUT2D eigenvalue weighted by Gasteiger charge is -2.20. The van der Waals surface area contributed by atoms with Crippen molar-refractivity contribution >= 4 is 34.1 Å². The van der Waals surface area contributed by atoms with Crippen LogP contribution >= 0.6 is 11.6 Å². The lowest BCUT2D eigenvalue weighted by Crippen LogP contribution is -2.27. The van der Waals surface area contributed by atoms with E-state index >= 15 is 0 Å². The largest absolute Gasteiger partial charge is 0.382 e. The molecule has 2 aromatic carbocycles. The van der Waals surface area contributed by atoms with Gasteiger partial charge in [0.05, 0.1) is 27.7 Å². The van der Waals surface area contributed by atoms with Crippen LogP contribution in [0.4, 0.5) is 11.6 Å². The Morgan fingerprint density at radius 2 is 2.00 bits per heavy atom. The minimum Gasteiger partial charge on any atom is -0.382 e. The van der Waals surface area contributed by atoms with Gasteiger partial charge in [0.25, 0.3) is 5.56 Å². The molecule has 2 aromatic heterocycles. The maximum atomic E-state index is 13.4. The van der Waals surface area contributed by atoms with Crippen LogP contribution in [0.3, 0.4) is 0 Å². The predicted octanol–water partition coefficient (Wildman–Crippen LogP) is 3.46. The van der Waals surface area contributed by atoms with Crippen LogP contribution < -0.4 is 16.6 Å². The molecule has 0 unspecified atom stereocenters. The number of para-hydroxylation sites is 1. The quantitative estimate of drug-likeness (QED) is 0.520. The van der Waals surface area contributed by atoms with Crippen LogP contribution in [-0.2, 0) is 0 Å². The second-order valence-corrected chi connectivity index (χ2v) is 6.90. The first kappa shape index (κ1) is 18.1. The highest BCUT2D eigenvalue weighted by Gasteiger charge is 2.21. The monoisotopic (exact) mass is 418 g/mol. The van der Waals surface area contributed by atoms with Crippen molar-refractivity contribution in [1.29, 1.82) is 5.26 Å². The molecule has 0 saturated heterocycles. The molecule has 0 bridgehead atoms. The molecule has 4 aromatic rings. The van der Waals surface area contributed by atoms with Crippen molar-refractivity contribution in [2.75, 3.05) is 11.1 Å². The maximum Gasteiger partial charge on any atom is 0.267 e. The minimum atomic E-state index is -0.586. The van der Waals surface area contributed by atoms with Gasteiger partial charge in [-0.05, 0) is 31.2 Å². The summed E-state index contributed by atoms with van der Waals surface area (Å²) in [6, 6.07) is 15.5. The van der Waals surface area contributed by atoms with Gasteiger partial charge in [-0.25, -0.2) is 15.0 Å². The first-order valence-corrected chi connectivity index (χ1v) is 9.36. The zero-order valence-corrected chi connectivity index (χ0v) is 16.6. The minimum absolute atomic E-state index is 0.0142. The van der Waals surface area contributed by atoms with Crippen LogP contribution in [0, 0.1) is 11.3 Å². The van der Waals surface area contributed by atoms with Crippen LogP contribution in [-0.4, -0.2) is 19.5 Å². The van der Waals surface area contributed by atoms with Crippen molar-refractivity contribution in [3.63, 3.8) is 0 Å². The Bertz CT molecular complexity index is 1400. The third-order valence-corrected chi connectivity index (χ3v) is 4.88. The summed E-state index contributed by atoms with van der Waals surface area (Å²) in [7, 11) is 0. The Morgan fingerprint density at radius 3 is 2.73 bits per heavy atom. The van der Waals surface area contributed by atoms with Crippen molar-refractivity contribution in [3.05, 3.63) is 81.6 Å². The highest BCUT2D eigenvalue weighted by atomic mass is 35.5. The van der Waals surface area contributed by atoms with E-state index in [0.717, 1.165) is 0 Å². The van der Waals surface area contributed by atoms with Crippen LogP contribution in [0.2, 0.25) is 5.02 Å². The molecule has 0 aliphatic heterocycles. The Balaban J connectivity index is 1.94. The molecule has 30 heavy (non-hydrogen) atoms. The maximum absolute atomic E-state index is 13.4. The molecule has 148 valence electrons. The molecule has 0 radical (unpaired) electrons. The van der Waals surface area contributed by atoms with Crippen LogP contribution in [0.15, 0.2) is 59.6 Å². The van der Waals surface area contributed by atoms with E-state index in [1.165, 1.54) is 4.57 Å². The van der Waals surface area contributed by atoms with E-state index in [1.807, 2.05) is 24.3 Å². The first-order chi connectivity index (χ1) is 14.9. The Hall–Kier alpha value is -3.96. The summed E-state index contributed by atoms with van der Waals surface area (Å²) in [4.78, 5) is 25.8. The van der Waals surface area contributed by atoms with E-state index < -0.39 is 6.04 Å². The number of anilines is 2. The van der Waals surface area contributed by atoms with Gasteiger partial charge in [-0.15, -0.1) is 0 Å². The number of nitrogens with one attached hydrogen (secondary N) is 1. The van der Waals surface area contributed by atoms with Crippen LogP contribution in [0.1, 0.15) is 25.7 Å². The lowest BCUT2D eigenvalue weighted by atomic mass is 10.2. The zero-order valence-electron chi connectivity index (χ0n) is 16.8. The molecule has 0 amide bonds. The SMILES string of the molecule is [2H]c1nc(N)c(C#N)c(N[C@@H](C)c2nc3cccc(Cl)c3c(=O)n2-c2ccccc2)n1. The summed E-state index contributed by atoms with van der Waals surface area (Å²) in [5.41, 5.74) is 6.50. The van der Waals surface area contributed by atoms with Crippen molar-refractivity contribution in [1.82, 2.24) is 19.5 Å². The molecule has 0 aliphatic rings. The number of nitriles is 1. The van der Waals surface area contributed by atoms with E-state index in [4.69, 9.17) is 18.7 Å². The van der Waals surface area contributed by atoms with Crippen molar-refractivity contribution in [3.8, 4) is 11.8 Å². The summed E-state index contributed by atoms with van der Waals surface area (Å²) in [6.07, 6.45) is -0.329. The number of hydrogen-bond donors (Lipinski definition) is 2.